The molecule has 190 valence electrons. The summed E-state index contributed by atoms with van der Waals surface area (Å²) in [6.45, 7) is 12.1. The van der Waals surface area contributed by atoms with E-state index >= 15 is 0 Å². The van der Waals surface area contributed by atoms with Gasteiger partial charge in [0.15, 0.2) is 11.8 Å². The Balaban J connectivity index is 2.08. The first-order valence-corrected chi connectivity index (χ1v) is 15.1. The van der Waals surface area contributed by atoms with Crippen LogP contribution in [0.25, 0.3) is 0 Å². The highest BCUT2D eigenvalue weighted by molar-refractivity contribution is 7.97. The molecule has 0 aliphatic heterocycles. The van der Waals surface area contributed by atoms with E-state index in [0.717, 1.165) is 41.9 Å². The van der Waals surface area contributed by atoms with E-state index in [1.807, 2.05) is 72.6 Å². The van der Waals surface area contributed by atoms with E-state index in [4.69, 9.17) is 21.3 Å². The fraction of sp³-hybridized carbons (Fsp3) is 0.444. The molecule has 0 saturated carbocycles. The maximum absolute atomic E-state index is 9.76. The van der Waals surface area contributed by atoms with Crippen LogP contribution in [0.1, 0.15) is 70.6 Å². The summed E-state index contributed by atoms with van der Waals surface area (Å²) < 4.78 is 14.6. The van der Waals surface area contributed by atoms with Crippen molar-refractivity contribution in [3.63, 3.8) is 0 Å². The summed E-state index contributed by atoms with van der Waals surface area (Å²) in [5.74, 6) is 1.61. The van der Waals surface area contributed by atoms with E-state index < -0.39 is 11.4 Å². The number of hydrogen-bond acceptors (Lipinski definition) is 6. The molecule has 1 N–H and O–H groups in total. The molecule has 2 aromatic carbocycles. The fourth-order valence-corrected chi connectivity index (χ4v) is 6.26. The molecule has 0 aliphatic rings. The highest BCUT2D eigenvalue weighted by atomic mass is 32.4. The molecule has 0 saturated heterocycles. The molecule has 4 unspecified atom stereocenters. The molecular weight excluding hydrogens is 494 g/mol. The molecule has 0 amide bonds. The summed E-state index contributed by atoms with van der Waals surface area (Å²) in [5.41, 5.74) is 1.86. The van der Waals surface area contributed by atoms with Crippen molar-refractivity contribution in [2.24, 2.45) is 5.10 Å². The van der Waals surface area contributed by atoms with Gasteiger partial charge in [-0.3, -0.25) is 4.78 Å². The summed E-state index contributed by atoms with van der Waals surface area (Å²) in [6, 6.07) is 15.6. The number of benzene rings is 2. The van der Waals surface area contributed by atoms with Crippen molar-refractivity contribution in [1.82, 2.24) is 4.78 Å². The standard InChI is InChI=1S/C27H38N2O3P2S/c1-7-19-27(10-4,32-25-17-13-23(14-18-25)21(5)30)33-29(6)28-20-22-11-15-24(16-12-22)31-26(8-2,9-3)34-35/h7,11-18,20-21,30,33H,1,8-10,19H2,2-6H3/p+1. The minimum absolute atomic E-state index is 0.252. The molecule has 8 heteroatoms. The molecule has 0 fully saturated rings. The van der Waals surface area contributed by atoms with Crippen LogP contribution < -0.4 is 9.47 Å². The van der Waals surface area contributed by atoms with Crippen molar-refractivity contribution < 1.29 is 14.6 Å². The Labute approximate surface area is 219 Å². The van der Waals surface area contributed by atoms with Gasteiger partial charge in [-0.15, -0.1) is 6.58 Å². The first-order valence-electron chi connectivity index (χ1n) is 12.1. The number of rotatable bonds is 15. The third-order valence-electron chi connectivity index (χ3n) is 5.99. The van der Waals surface area contributed by atoms with Gasteiger partial charge in [-0.2, -0.15) is 5.10 Å². The molecule has 2 aromatic rings. The average Bonchev–Trinajstić information content (AvgIpc) is 2.87. The summed E-state index contributed by atoms with van der Waals surface area (Å²) in [5, 5.41) is 13.7. The Morgan fingerprint density at radius 3 is 2.11 bits per heavy atom. The van der Waals surface area contributed by atoms with Crippen LogP contribution in [0.5, 0.6) is 11.5 Å². The molecular formula is C27H39N2O3P2S+. The normalized spacial score (nSPS) is 14.8. The fourth-order valence-electron chi connectivity index (χ4n) is 3.56. The second-order valence-electron chi connectivity index (χ2n) is 8.54. The minimum Gasteiger partial charge on any atom is -0.481 e. The number of aliphatic hydroxyl groups is 1. The Morgan fingerprint density at radius 2 is 1.63 bits per heavy atom. The lowest BCUT2D eigenvalue weighted by molar-refractivity contribution is 0.154. The van der Waals surface area contributed by atoms with E-state index in [9.17, 15) is 5.11 Å². The van der Waals surface area contributed by atoms with Crippen LogP contribution in [0.4, 0.5) is 0 Å². The molecule has 2 rings (SSSR count). The highest BCUT2D eigenvalue weighted by Crippen LogP contribution is 2.42. The van der Waals surface area contributed by atoms with Crippen LogP contribution in [-0.2, 0) is 11.8 Å². The maximum Gasteiger partial charge on any atom is 0.271 e. The van der Waals surface area contributed by atoms with Crippen LogP contribution in [0.3, 0.4) is 0 Å². The van der Waals surface area contributed by atoms with E-state index in [2.05, 4.69) is 32.5 Å². The van der Waals surface area contributed by atoms with Gasteiger partial charge in [0.25, 0.3) is 5.34 Å². The van der Waals surface area contributed by atoms with Gasteiger partial charge in [0.2, 0.25) is 7.36 Å². The molecule has 0 radical (unpaired) electrons. The van der Waals surface area contributed by atoms with Gasteiger partial charge in [0.05, 0.1) is 12.3 Å². The van der Waals surface area contributed by atoms with Crippen LogP contribution >= 0.6 is 16.1 Å². The van der Waals surface area contributed by atoms with E-state index in [-0.39, 0.29) is 5.34 Å². The largest absolute Gasteiger partial charge is 0.481 e. The smallest absolute Gasteiger partial charge is 0.271 e. The number of aliphatic hydroxyl groups excluding tert-OH is 1. The van der Waals surface area contributed by atoms with Gasteiger partial charge < -0.3 is 14.6 Å². The number of hydrazone groups is 1. The van der Waals surface area contributed by atoms with Crippen LogP contribution in [0, 0.1) is 0 Å². The van der Waals surface area contributed by atoms with Crippen molar-refractivity contribution in [2.75, 3.05) is 7.05 Å². The van der Waals surface area contributed by atoms with Gasteiger partial charge in [-0.25, -0.2) is 0 Å². The Hall–Kier alpha value is -1.84. The lowest BCUT2D eigenvalue weighted by Crippen LogP contribution is -2.32. The predicted octanol–water partition coefficient (Wildman–Crippen LogP) is 7.40. The monoisotopic (exact) mass is 533 g/mol. The number of hydrogen-bond donors (Lipinski definition) is 1. The quantitative estimate of drug-likeness (QED) is 0.112. The number of nitrogens with zero attached hydrogens (tertiary/aromatic N) is 2. The lowest BCUT2D eigenvalue weighted by atomic mass is 10.1. The van der Waals surface area contributed by atoms with E-state index in [0.29, 0.717) is 22.5 Å². The first-order chi connectivity index (χ1) is 16.7. The van der Waals surface area contributed by atoms with Gasteiger partial charge in [0, 0.05) is 35.0 Å². The predicted molar refractivity (Wildman–Crippen MR) is 155 cm³/mol. The maximum atomic E-state index is 9.76. The van der Waals surface area contributed by atoms with Crippen molar-refractivity contribution in [1.29, 1.82) is 0 Å². The SMILES string of the molecule is C=CCC(CC)(Oc1ccc(C(C)O)cc1)PN(C)N=Cc1ccc(OC(CC)(CC)[PH+]=S)cc1. The van der Waals surface area contributed by atoms with Crippen LogP contribution in [0.2, 0.25) is 0 Å². The number of ether oxygens (including phenoxy) is 2. The Morgan fingerprint density at radius 1 is 1.06 bits per heavy atom. The second-order valence-corrected chi connectivity index (χ2v) is 12.1. The van der Waals surface area contributed by atoms with Crippen molar-refractivity contribution >= 4 is 34.1 Å². The third-order valence-corrected chi connectivity index (χ3v) is 9.79. The Bertz CT molecular complexity index is 963. The van der Waals surface area contributed by atoms with Gasteiger partial charge in [-0.1, -0.05) is 39.0 Å². The second kappa shape index (κ2) is 14.0. The first kappa shape index (κ1) is 29.4. The van der Waals surface area contributed by atoms with E-state index in [1.54, 1.807) is 6.92 Å². The van der Waals surface area contributed by atoms with Gasteiger partial charge in [0.1, 0.15) is 16.8 Å². The van der Waals surface area contributed by atoms with Crippen LogP contribution in [0.15, 0.2) is 66.3 Å². The molecule has 35 heavy (non-hydrogen) atoms. The van der Waals surface area contributed by atoms with Gasteiger partial charge in [-0.05, 0) is 60.9 Å². The van der Waals surface area contributed by atoms with Crippen LogP contribution in [-0.4, -0.2) is 33.8 Å². The van der Waals surface area contributed by atoms with E-state index in [1.165, 1.54) is 0 Å². The highest BCUT2D eigenvalue weighted by Gasteiger charge is 2.34. The summed E-state index contributed by atoms with van der Waals surface area (Å²) in [6.07, 6.45) is 6.55. The molecule has 0 heterocycles. The van der Waals surface area contributed by atoms with Crippen molar-refractivity contribution in [3.8, 4) is 11.5 Å². The summed E-state index contributed by atoms with van der Waals surface area (Å²) in [4.78, 5) is 0. The van der Waals surface area contributed by atoms with Crippen molar-refractivity contribution in [2.45, 2.75) is 70.2 Å². The third kappa shape index (κ3) is 8.65. The molecule has 4 atom stereocenters. The molecule has 0 spiro atoms. The zero-order valence-corrected chi connectivity index (χ0v) is 24.3. The lowest BCUT2D eigenvalue weighted by Gasteiger charge is -2.35. The molecule has 0 aliphatic carbocycles. The zero-order valence-electron chi connectivity index (χ0n) is 21.5. The molecule has 0 bridgehead atoms. The topological polar surface area (TPSA) is 54.3 Å². The zero-order chi connectivity index (χ0) is 25.9. The average molecular weight is 534 g/mol. The molecule has 5 nitrogen and oxygen atoms in total. The summed E-state index contributed by atoms with van der Waals surface area (Å²) >= 11 is 5.36. The van der Waals surface area contributed by atoms with Crippen molar-refractivity contribution in [3.05, 3.63) is 72.3 Å². The molecule has 0 aromatic heterocycles. The van der Waals surface area contributed by atoms with Gasteiger partial charge >= 0.3 is 0 Å². The minimum atomic E-state index is -0.501. The summed E-state index contributed by atoms with van der Waals surface area (Å²) in [7, 11) is 2.57. The Kier molecular flexibility index (Phi) is 11.8.